The molecule has 1 aromatic heterocycles. The molecular formula is C20H28FN3O2. The lowest BCUT2D eigenvalue weighted by Gasteiger charge is -2.32. The molecule has 0 spiro atoms. The van der Waals surface area contributed by atoms with Gasteiger partial charge >= 0.3 is 0 Å². The van der Waals surface area contributed by atoms with Crippen LogP contribution >= 0.6 is 0 Å². The Hall–Kier alpha value is -2.37. The van der Waals surface area contributed by atoms with Crippen LogP contribution in [0.4, 0.5) is 4.39 Å². The van der Waals surface area contributed by atoms with Crippen molar-refractivity contribution in [3.63, 3.8) is 0 Å². The number of rotatable bonds is 6. The van der Waals surface area contributed by atoms with Gasteiger partial charge in [0.25, 0.3) is 0 Å². The first-order chi connectivity index (χ1) is 12.1. The maximum Gasteiger partial charge on any atom is 0.244 e. The third-order valence-corrected chi connectivity index (χ3v) is 4.39. The predicted molar refractivity (Wildman–Crippen MR) is 99.7 cm³/mol. The molecule has 2 unspecified atom stereocenters. The highest BCUT2D eigenvalue weighted by molar-refractivity contribution is 5.80. The van der Waals surface area contributed by atoms with E-state index >= 15 is 0 Å². The van der Waals surface area contributed by atoms with Gasteiger partial charge in [0.15, 0.2) is 11.6 Å². The number of carbonyl (C=O) groups is 1. The Morgan fingerprint density at radius 2 is 1.96 bits per heavy atom. The molecule has 0 saturated heterocycles. The minimum absolute atomic E-state index is 0.145. The van der Waals surface area contributed by atoms with Crippen LogP contribution in [-0.4, -0.2) is 28.3 Å². The number of aromatic nitrogens is 2. The summed E-state index contributed by atoms with van der Waals surface area (Å²) in [6, 6.07) is 7.47. The highest BCUT2D eigenvalue weighted by atomic mass is 19.1. The molecule has 0 fully saturated rings. The lowest BCUT2D eigenvalue weighted by molar-refractivity contribution is -0.126. The second-order valence-electron chi connectivity index (χ2n) is 7.72. The highest BCUT2D eigenvalue weighted by Gasteiger charge is 2.29. The fourth-order valence-electron chi connectivity index (χ4n) is 2.68. The van der Waals surface area contributed by atoms with E-state index in [0.717, 1.165) is 11.4 Å². The minimum Gasteiger partial charge on any atom is -0.488 e. The molecule has 0 radical (unpaired) electrons. The van der Waals surface area contributed by atoms with Gasteiger partial charge in [-0.2, -0.15) is 5.10 Å². The summed E-state index contributed by atoms with van der Waals surface area (Å²) < 4.78 is 21.1. The quantitative estimate of drug-likeness (QED) is 0.851. The van der Waals surface area contributed by atoms with Crippen molar-refractivity contribution in [2.45, 2.75) is 53.6 Å². The molecule has 6 heteroatoms. The summed E-state index contributed by atoms with van der Waals surface area (Å²) in [5, 5.41) is 7.42. The van der Waals surface area contributed by atoms with E-state index < -0.39 is 11.9 Å². The standard InChI is InChI=1S/C20H28FN3O2/c1-13-11-14(2)24(23-13)15(3)19(25)22-18(20(4,5)6)12-26-17-10-8-7-9-16(17)21/h7-11,15,18H,12H2,1-6H3,(H,22,25). The average Bonchev–Trinajstić information content (AvgIpc) is 2.89. The van der Waals surface area contributed by atoms with Crippen LogP contribution in [0.1, 0.15) is 45.1 Å². The fraction of sp³-hybridized carbons (Fsp3) is 0.500. The van der Waals surface area contributed by atoms with Gasteiger partial charge in [-0.15, -0.1) is 0 Å². The second kappa shape index (κ2) is 7.89. The van der Waals surface area contributed by atoms with Crippen LogP contribution in [0.2, 0.25) is 0 Å². The van der Waals surface area contributed by atoms with Crippen molar-refractivity contribution in [1.29, 1.82) is 0 Å². The number of para-hydroxylation sites is 1. The number of nitrogens with zero attached hydrogens (tertiary/aromatic N) is 2. The number of hydrogen-bond donors (Lipinski definition) is 1. The fourth-order valence-corrected chi connectivity index (χ4v) is 2.68. The summed E-state index contributed by atoms with van der Waals surface area (Å²) in [6.45, 7) is 11.8. The molecule has 2 atom stereocenters. The zero-order chi connectivity index (χ0) is 19.5. The lowest BCUT2D eigenvalue weighted by atomic mass is 9.87. The molecule has 0 aliphatic carbocycles. The molecule has 142 valence electrons. The van der Waals surface area contributed by atoms with E-state index in [0.29, 0.717) is 0 Å². The Kier molecular flexibility index (Phi) is 6.05. The van der Waals surface area contributed by atoms with Crippen molar-refractivity contribution in [2.24, 2.45) is 5.41 Å². The molecule has 5 nitrogen and oxygen atoms in total. The van der Waals surface area contributed by atoms with Crippen LogP contribution < -0.4 is 10.1 Å². The molecule has 26 heavy (non-hydrogen) atoms. The molecule has 1 aromatic carbocycles. The van der Waals surface area contributed by atoms with Crippen molar-refractivity contribution in [3.8, 4) is 5.75 Å². The Bertz CT molecular complexity index is 765. The van der Waals surface area contributed by atoms with Gasteiger partial charge in [-0.05, 0) is 44.4 Å². The van der Waals surface area contributed by atoms with Crippen LogP contribution in [0.25, 0.3) is 0 Å². The van der Waals surface area contributed by atoms with Crippen molar-refractivity contribution >= 4 is 5.91 Å². The van der Waals surface area contributed by atoms with Gasteiger partial charge in [0.1, 0.15) is 12.6 Å². The van der Waals surface area contributed by atoms with Crippen LogP contribution in [-0.2, 0) is 4.79 Å². The Balaban J connectivity index is 2.09. The molecule has 2 aromatic rings. The Morgan fingerprint density at radius 1 is 1.31 bits per heavy atom. The van der Waals surface area contributed by atoms with E-state index in [9.17, 15) is 9.18 Å². The normalized spacial score (nSPS) is 14.0. The third kappa shape index (κ3) is 4.84. The highest BCUT2D eigenvalue weighted by Crippen LogP contribution is 2.23. The van der Waals surface area contributed by atoms with Gasteiger partial charge in [0, 0.05) is 5.69 Å². The van der Waals surface area contributed by atoms with Gasteiger partial charge in [-0.1, -0.05) is 32.9 Å². The average molecular weight is 361 g/mol. The number of carbonyl (C=O) groups excluding carboxylic acids is 1. The topological polar surface area (TPSA) is 56.2 Å². The zero-order valence-electron chi connectivity index (χ0n) is 16.3. The van der Waals surface area contributed by atoms with Gasteiger partial charge in [-0.3, -0.25) is 9.48 Å². The summed E-state index contributed by atoms with van der Waals surface area (Å²) in [4.78, 5) is 12.7. The van der Waals surface area contributed by atoms with Gasteiger partial charge < -0.3 is 10.1 Å². The first kappa shape index (κ1) is 19.9. The summed E-state index contributed by atoms with van der Waals surface area (Å²) >= 11 is 0. The van der Waals surface area contributed by atoms with Gasteiger partial charge in [0.2, 0.25) is 5.91 Å². The van der Waals surface area contributed by atoms with Crippen molar-refractivity contribution in [3.05, 3.63) is 47.5 Å². The number of halogens is 1. The third-order valence-electron chi connectivity index (χ3n) is 4.39. The van der Waals surface area contributed by atoms with Crippen LogP contribution in [0.15, 0.2) is 30.3 Å². The van der Waals surface area contributed by atoms with Crippen LogP contribution in [0.5, 0.6) is 5.75 Å². The number of aryl methyl sites for hydroxylation is 2. The lowest BCUT2D eigenvalue weighted by Crippen LogP contribution is -2.49. The number of benzene rings is 1. The number of hydrogen-bond acceptors (Lipinski definition) is 3. The number of ether oxygens (including phenoxy) is 1. The molecule has 0 aliphatic rings. The Labute approximate surface area is 154 Å². The SMILES string of the molecule is Cc1cc(C)n(C(C)C(=O)NC(COc2ccccc2F)C(C)(C)C)n1. The first-order valence-electron chi connectivity index (χ1n) is 8.80. The van der Waals surface area contributed by atoms with Crippen molar-refractivity contribution in [2.75, 3.05) is 6.61 Å². The maximum atomic E-state index is 13.8. The number of amides is 1. The molecule has 0 aliphatic heterocycles. The van der Waals surface area contributed by atoms with E-state index in [1.54, 1.807) is 22.9 Å². The molecule has 1 heterocycles. The summed E-state index contributed by atoms with van der Waals surface area (Å²) in [5.74, 6) is -0.377. The van der Waals surface area contributed by atoms with E-state index in [4.69, 9.17) is 4.74 Å². The summed E-state index contributed by atoms with van der Waals surface area (Å²) in [7, 11) is 0. The second-order valence-corrected chi connectivity index (χ2v) is 7.72. The monoisotopic (exact) mass is 361 g/mol. The molecule has 1 amide bonds. The van der Waals surface area contributed by atoms with E-state index in [1.807, 2.05) is 47.6 Å². The molecule has 0 saturated carbocycles. The van der Waals surface area contributed by atoms with Gasteiger partial charge in [-0.25, -0.2) is 4.39 Å². The Morgan fingerprint density at radius 3 is 2.50 bits per heavy atom. The van der Waals surface area contributed by atoms with Crippen molar-refractivity contribution < 1.29 is 13.9 Å². The van der Waals surface area contributed by atoms with Crippen LogP contribution in [0, 0.1) is 25.1 Å². The van der Waals surface area contributed by atoms with Gasteiger partial charge in [0.05, 0.1) is 11.7 Å². The molecule has 1 N–H and O–H groups in total. The zero-order valence-corrected chi connectivity index (χ0v) is 16.3. The molecular weight excluding hydrogens is 333 g/mol. The summed E-state index contributed by atoms with van der Waals surface area (Å²) in [6.07, 6.45) is 0. The van der Waals surface area contributed by atoms with Crippen molar-refractivity contribution in [1.82, 2.24) is 15.1 Å². The minimum atomic E-state index is -0.443. The van der Waals surface area contributed by atoms with E-state index in [2.05, 4.69) is 10.4 Å². The predicted octanol–water partition coefficient (Wildman–Crippen LogP) is 3.81. The van der Waals surface area contributed by atoms with E-state index in [1.165, 1.54) is 6.07 Å². The first-order valence-corrected chi connectivity index (χ1v) is 8.80. The largest absolute Gasteiger partial charge is 0.488 e. The molecule has 0 bridgehead atoms. The smallest absolute Gasteiger partial charge is 0.244 e. The molecule has 2 rings (SSSR count). The number of nitrogens with one attached hydrogen (secondary N) is 1. The van der Waals surface area contributed by atoms with E-state index in [-0.39, 0.29) is 29.7 Å². The van der Waals surface area contributed by atoms with Crippen LogP contribution in [0.3, 0.4) is 0 Å². The summed E-state index contributed by atoms with van der Waals surface area (Å²) in [5.41, 5.74) is 1.55. The maximum absolute atomic E-state index is 13.8.